The van der Waals surface area contributed by atoms with Crippen LogP contribution in [0.1, 0.15) is 43.7 Å². The number of fused-ring (bicyclic) bond motifs is 1. The minimum atomic E-state index is -1.09. The number of nitrogens with one attached hydrogen (secondary N) is 1. The molecule has 2 unspecified atom stereocenters. The molecule has 182 valence electrons. The molecule has 0 amide bonds. The summed E-state index contributed by atoms with van der Waals surface area (Å²) in [4.78, 5) is 9.44. The van der Waals surface area contributed by atoms with E-state index in [1.54, 1.807) is 16.4 Å². The van der Waals surface area contributed by atoms with Gasteiger partial charge in [0.15, 0.2) is 22.1 Å². The molecule has 4 N–H and O–H groups in total. The van der Waals surface area contributed by atoms with Crippen LogP contribution in [0.25, 0.3) is 11.2 Å². The number of aliphatic hydroxyl groups excluding tert-OH is 3. The first-order valence-electron chi connectivity index (χ1n) is 11.8. The van der Waals surface area contributed by atoms with Gasteiger partial charge in [0, 0.05) is 24.1 Å². The second kappa shape index (κ2) is 10.1. The van der Waals surface area contributed by atoms with Crippen molar-refractivity contribution in [3.63, 3.8) is 0 Å². The Morgan fingerprint density at radius 1 is 1.15 bits per heavy atom. The Hall–Kier alpha value is -2.31. The van der Waals surface area contributed by atoms with E-state index in [-0.39, 0.29) is 19.3 Å². The summed E-state index contributed by atoms with van der Waals surface area (Å²) in [7, 11) is 0. The van der Waals surface area contributed by atoms with Crippen LogP contribution >= 0.6 is 11.8 Å². The molecule has 2 heterocycles. The molecule has 3 aromatic rings. The Balaban J connectivity index is 1.43. The van der Waals surface area contributed by atoms with Gasteiger partial charge in [-0.2, -0.15) is 0 Å². The number of aliphatic hydroxyl groups is 3. The number of thioether (sulfide) groups is 1. The van der Waals surface area contributed by atoms with E-state index in [9.17, 15) is 10.2 Å². The first-order chi connectivity index (χ1) is 16.6. The molecule has 2 fully saturated rings. The van der Waals surface area contributed by atoms with E-state index in [1.165, 1.54) is 5.56 Å². The molecule has 0 saturated heterocycles. The molecule has 5 rings (SSSR count). The molecule has 0 aliphatic heterocycles. The smallest absolute Gasteiger partial charge is 0.191 e. The number of anilines is 1. The van der Waals surface area contributed by atoms with Crippen molar-refractivity contribution in [2.45, 2.75) is 67.7 Å². The number of ether oxygens (including phenoxy) is 1. The average Bonchev–Trinajstić information content (AvgIpc) is 3.41. The molecule has 34 heavy (non-hydrogen) atoms. The van der Waals surface area contributed by atoms with Gasteiger partial charge in [0.2, 0.25) is 0 Å². The van der Waals surface area contributed by atoms with Crippen LogP contribution in [-0.4, -0.2) is 83.6 Å². The second-order valence-corrected chi connectivity index (χ2v) is 9.89. The van der Waals surface area contributed by atoms with E-state index in [2.05, 4.69) is 46.8 Å². The molecule has 11 heteroatoms. The largest absolute Gasteiger partial charge is 0.394 e. The highest BCUT2D eigenvalue weighted by Crippen LogP contribution is 2.43. The fraction of sp³-hybridized carbons (Fsp3) is 0.565. The van der Waals surface area contributed by atoms with Crippen molar-refractivity contribution >= 4 is 28.7 Å². The highest BCUT2D eigenvalue weighted by atomic mass is 32.2. The monoisotopic (exact) mass is 486 g/mol. The Morgan fingerprint density at radius 3 is 2.74 bits per heavy atom. The number of nitrogens with zero attached hydrogens (tertiary/aromatic N) is 5. The molecule has 0 spiro atoms. The molecule has 1 aromatic carbocycles. The zero-order valence-corrected chi connectivity index (χ0v) is 19.8. The van der Waals surface area contributed by atoms with Crippen molar-refractivity contribution < 1.29 is 20.1 Å². The molecule has 0 bridgehead atoms. The third-order valence-electron chi connectivity index (χ3n) is 6.41. The summed E-state index contributed by atoms with van der Waals surface area (Å²) in [6.07, 6.45) is -0.428. The van der Waals surface area contributed by atoms with Crippen LogP contribution in [0.4, 0.5) is 5.82 Å². The molecular formula is C23H30N6O4S. The first kappa shape index (κ1) is 23.4. The number of hydrogen-bond acceptors (Lipinski definition) is 10. The van der Waals surface area contributed by atoms with E-state index in [4.69, 9.17) is 19.8 Å². The molecule has 6 atom stereocenters. The first-order valence-corrected chi connectivity index (χ1v) is 12.7. The third kappa shape index (κ3) is 4.63. The van der Waals surface area contributed by atoms with Crippen molar-refractivity contribution in [1.29, 1.82) is 0 Å². The fourth-order valence-electron chi connectivity index (χ4n) is 4.57. The van der Waals surface area contributed by atoms with Crippen LogP contribution < -0.4 is 5.32 Å². The topological polar surface area (TPSA) is 138 Å². The molecule has 2 aliphatic rings. The van der Waals surface area contributed by atoms with E-state index >= 15 is 0 Å². The maximum Gasteiger partial charge on any atom is 0.191 e. The lowest BCUT2D eigenvalue weighted by Gasteiger charge is -2.17. The lowest BCUT2D eigenvalue weighted by Crippen LogP contribution is -2.33. The summed E-state index contributed by atoms with van der Waals surface area (Å²) in [6, 6.07) is 10.1. The van der Waals surface area contributed by atoms with E-state index in [0.29, 0.717) is 34.5 Å². The van der Waals surface area contributed by atoms with E-state index in [0.717, 1.165) is 18.6 Å². The molecule has 2 aromatic heterocycles. The third-order valence-corrected chi connectivity index (χ3v) is 7.47. The number of benzene rings is 1. The molecule has 10 nitrogen and oxygen atoms in total. The van der Waals surface area contributed by atoms with Gasteiger partial charge in [-0.1, -0.05) is 54.2 Å². The molecule has 2 aliphatic carbocycles. The lowest BCUT2D eigenvalue weighted by molar-refractivity contribution is -0.0629. The van der Waals surface area contributed by atoms with Gasteiger partial charge >= 0.3 is 0 Å². The van der Waals surface area contributed by atoms with Crippen LogP contribution in [-0.2, 0) is 4.74 Å². The molecule has 2 saturated carbocycles. The number of rotatable bonds is 10. The van der Waals surface area contributed by atoms with Gasteiger partial charge < -0.3 is 25.4 Å². The quantitative estimate of drug-likeness (QED) is 0.248. The van der Waals surface area contributed by atoms with Gasteiger partial charge in [-0.25, -0.2) is 14.6 Å². The highest BCUT2D eigenvalue weighted by molar-refractivity contribution is 7.99. The van der Waals surface area contributed by atoms with Gasteiger partial charge in [0.25, 0.3) is 0 Å². The summed E-state index contributed by atoms with van der Waals surface area (Å²) < 4.78 is 7.10. The number of aromatic nitrogens is 5. The maximum atomic E-state index is 10.7. The minimum absolute atomic E-state index is 0.0945. The van der Waals surface area contributed by atoms with Crippen LogP contribution in [0.3, 0.4) is 0 Å². The number of hydrogen-bond donors (Lipinski definition) is 4. The average molecular weight is 487 g/mol. The van der Waals surface area contributed by atoms with Crippen molar-refractivity contribution in [3.05, 3.63) is 35.9 Å². The van der Waals surface area contributed by atoms with Gasteiger partial charge in [-0.05, 0) is 18.4 Å². The van der Waals surface area contributed by atoms with Gasteiger partial charge in [-0.15, -0.1) is 5.10 Å². The maximum absolute atomic E-state index is 10.7. The predicted molar refractivity (Wildman–Crippen MR) is 128 cm³/mol. The zero-order chi connectivity index (χ0) is 23.7. The van der Waals surface area contributed by atoms with Gasteiger partial charge in [-0.3, -0.25) is 0 Å². The van der Waals surface area contributed by atoms with Crippen LogP contribution in [0, 0.1) is 0 Å². The highest BCUT2D eigenvalue weighted by Gasteiger charge is 2.45. The predicted octanol–water partition coefficient (Wildman–Crippen LogP) is 1.74. The zero-order valence-electron chi connectivity index (χ0n) is 19.0. The minimum Gasteiger partial charge on any atom is -0.394 e. The van der Waals surface area contributed by atoms with E-state index < -0.39 is 24.4 Å². The molecular weight excluding hydrogens is 456 g/mol. The Kier molecular flexibility index (Phi) is 6.98. The summed E-state index contributed by atoms with van der Waals surface area (Å²) in [6.45, 7) is 2.05. The Labute approximate surface area is 201 Å². The van der Waals surface area contributed by atoms with Crippen LogP contribution in [0.5, 0.6) is 0 Å². The normalized spacial score (nSPS) is 28.5. The standard InChI is InChI=1S/C23H30N6O4S/c1-2-10-34-23-25-21(24-15-11-14(15)13-6-4-3-5-7-13)18-22(26-23)29(28-27-18)16-12-17(33-9-8-30)20(32)19(16)31/h3-7,14-17,19-20,30-32H,2,8-12H2,1H3,(H,24,25,26)/t14?,15?,16-,17+,19+,20-/m1/s1. The summed E-state index contributed by atoms with van der Waals surface area (Å²) >= 11 is 1.57. The second-order valence-electron chi connectivity index (χ2n) is 8.83. The van der Waals surface area contributed by atoms with E-state index in [1.807, 2.05) is 6.07 Å². The van der Waals surface area contributed by atoms with Crippen molar-refractivity contribution in [3.8, 4) is 0 Å². The lowest BCUT2D eigenvalue weighted by atomic mass is 10.1. The van der Waals surface area contributed by atoms with Gasteiger partial charge in [0.1, 0.15) is 12.2 Å². The van der Waals surface area contributed by atoms with Crippen LogP contribution in [0.2, 0.25) is 0 Å². The summed E-state index contributed by atoms with van der Waals surface area (Å²) in [5.41, 5.74) is 2.36. The fourth-order valence-corrected chi connectivity index (χ4v) is 5.26. The van der Waals surface area contributed by atoms with Gasteiger partial charge in [0.05, 0.1) is 25.4 Å². The summed E-state index contributed by atoms with van der Waals surface area (Å²) in [5.74, 6) is 1.94. The van der Waals surface area contributed by atoms with Crippen LogP contribution in [0.15, 0.2) is 35.5 Å². The Morgan fingerprint density at radius 2 is 1.97 bits per heavy atom. The van der Waals surface area contributed by atoms with Crippen molar-refractivity contribution in [2.24, 2.45) is 0 Å². The summed E-state index contributed by atoms with van der Waals surface area (Å²) in [5, 5.41) is 43.0. The molecule has 0 radical (unpaired) electrons. The van der Waals surface area contributed by atoms with Crippen molar-refractivity contribution in [1.82, 2.24) is 25.0 Å². The van der Waals surface area contributed by atoms with Crippen molar-refractivity contribution in [2.75, 3.05) is 24.3 Å². The SMILES string of the molecule is CCCSc1nc(NC2CC2c2ccccc2)c2nnn([C@@H]3C[C@H](OCCO)[C@@H](O)[C@H]3O)c2n1. The Bertz CT molecular complexity index is 1120.